The van der Waals surface area contributed by atoms with Gasteiger partial charge in [-0.25, -0.2) is 18.4 Å². The molecule has 0 fully saturated rings. The second-order valence-electron chi connectivity index (χ2n) is 4.16. The number of halogens is 1. The average molecular weight is 361 g/mol. The summed E-state index contributed by atoms with van der Waals surface area (Å²) in [7, 11) is -4.10. The topological polar surface area (TPSA) is 123 Å². The van der Waals surface area contributed by atoms with Gasteiger partial charge in [0.25, 0.3) is 0 Å². The predicted octanol–water partition coefficient (Wildman–Crippen LogP) is 2.92. The molecule has 0 amide bonds. The van der Waals surface area contributed by atoms with Crippen molar-refractivity contribution in [3.8, 4) is 0 Å². The van der Waals surface area contributed by atoms with Crippen LogP contribution in [0.15, 0.2) is 40.0 Å². The molecule has 1 aromatic heterocycles. The molecule has 0 spiro atoms. The van der Waals surface area contributed by atoms with E-state index in [0.29, 0.717) is 6.54 Å². The quantitative estimate of drug-likeness (QED) is 0.753. The molecule has 0 saturated heterocycles. The van der Waals surface area contributed by atoms with Crippen LogP contribution in [0.25, 0.3) is 0 Å². The van der Waals surface area contributed by atoms with Crippen molar-refractivity contribution in [1.29, 1.82) is 0 Å². The predicted molar refractivity (Wildman–Crippen MR) is 87.2 cm³/mol. The molecule has 0 bridgehead atoms. The monoisotopic (exact) mass is 360 g/mol. The summed E-state index contributed by atoms with van der Waals surface area (Å²) in [5, 5.41) is 16.9. The number of carboxylic acid groups (broad SMARTS) is 1. The SMILES string of the molecule is CC.NS(=O)(=O)c1cc(C(=O)O)c(NCc2ccoc2)cc1Cl. The van der Waals surface area contributed by atoms with Gasteiger partial charge in [0, 0.05) is 12.1 Å². The van der Waals surface area contributed by atoms with E-state index in [9.17, 15) is 13.2 Å². The maximum atomic E-state index is 11.4. The Morgan fingerprint density at radius 1 is 1.39 bits per heavy atom. The summed E-state index contributed by atoms with van der Waals surface area (Å²) in [5.41, 5.74) is 0.728. The highest BCUT2D eigenvalue weighted by Gasteiger charge is 2.20. The van der Waals surface area contributed by atoms with E-state index in [0.717, 1.165) is 11.6 Å². The summed E-state index contributed by atoms with van der Waals surface area (Å²) in [6.45, 7) is 4.29. The zero-order chi connectivity index (χ0) is 17.6. The molecule has 2 rings (SSSR count). The second kappa shape index (κ2) is 8.00. The van der Waals surface area contributed by atoms with Crippen LogP contribution in [-0.2, 0) is 16.6 Å². The standard InChI is InChI=1S/C12H11ClN2O5S.C2H6/c13-9-4-10(15-5-7-1-2-20-6-7)8(12(16)17)3-11(9)21(14,18)19;1-2/h1-4,6,15H,5H2,(H,16,17)(H2,14,18,19);1-2H3. The van der Waals surface area contributed by atoms with Gasteiger partial charge < -0.3 is 14.8 Å². The fourth-order valence-corrected chi connectivity index (χ4v) is 2.78. The van der Waals surface area contributed by atoms with Crippen LogP contribution in [0, 0.1) is 0 Å². The molecule has 0 radical (unpaired) electrons. The molecule has 1 aromatic carbocycles. The van der Waals surface area contributed by atoms with E-state index in [1.165, 1.54) is 18.6 Å². The maximum Gasteiger partial charge on any atom is 0.337 e. The van der Waals surface area contributed by atoms with E-state index in [1.54, 1.807) is 6.07 Å². The Labute approximate surface area is 139 Å². The Bertz CT molecular complexity index is 773. The lowest BCUT2D eigenvalue weighted by atomic mass is 10.1. The van der Waals surface area contributed by atoms with Gasteiger partial charge in [0.1, 0.15) is 4.90 Å². The van der Waals surface area contributed by atoms with E-state index in [-0.39, 0.29) is 16.3 Å². The molecule has 0 saturated carbocycles. The summed E-state index contributed by atoms with van der Waals surface area (Å²) in [4.78, 5) is 10.8. The molecule has 7 nitrogen and oxygen atoms in total. The van der Waals surface area contributed by atoms with Gasteiger partial charge >= 0.3 is 5.97 Å². The van der Waals surface area contributed by atoms with Crippen LogP contribution < -0.4 is 10.5 Å². The van der Waals surface area contributed by atoms with Gasteiger partial charge in [-0.2, -0.15) is 0 Å². The van der Waals surface area contributed by atoms with Gasteiger partial charge in [-0.1, -0.05) is 25.4 Å². The van der Waals surface area contributed by atoms with Crippen molar-refractivity contribution >= 4 is 33.3 Å². The van der Waals surface area contributed by atoms with Crippen molar-refractivity contribution in [3.63, 3.8) is 0 Å². The van der Waals surface area contributed by atoms with E-state index in [4.69, 9.17) is 26.3 Å². The lowest BCUT2D eigenvalue weighted by Gasteiger charge is -2.11. The highest BCUT2D eigenvalue weighted by Crippen LogP contribution is 2.28. The summed E-state index contributed by atoms with van der Waals surface area (Å²) in [6, 6.07) is 3.84. The number of nitrogens with two attached hydrogens (primary N) is 1. The smallest absolute Gasteiger partial charge is 0.337 e. The first-order chi connectivity index (χ1) is 10.8. The van der Waals surface area contributed by atoms with Crippen LogP contribution in [0.5, 0.6) is 0 Å². The van der Waals surface area contributed by atoms with Crippen LogP contribution in [0.1, 0.15) is 29.8 Å². The van der Waals surface area contributed by atoms with Crippen molar-refractivity contribution in [2.75, 3.05) is 5.32 Å². The third-order valence-corrected chi connectivity index (χ3v) is 4.05. The van der Waals surface area contributed by atoms with Crippen molar-refractivity contribution in [1.82, 2.24) is 0 Å². The van der Waals surface area contributed by atoms with E-state index < -0.39 is 20.9 Å². The van der Waals surface area contributed by atoms with Crippen LogP contribution in [-0.4, -0.2) is 19.5 Å². The minimum Gasteiger partial charge on any atom is -0.478 e. The van der Waals surface area contributed by atoms with Crippen molar-refractivity contribution in [2.45, 2.75) is 25.3 Å². The summed E-state index contributed by atoms with van der Waals surface area (Å²) in [6.07, 6.45) is 2.97. The van der Waals surface area contributed by atoms with Gasteiger partial charge in [0.05, 0.1) is 28.8 Å². The molecule has 126 valence electrons. The number of furan rings is 1. The van der Waals surface area contributed by atoms with E-state index >= 15 is 0 Å². The summed E-state index contributed by atoms with van der Waals surface area (Å²) < 4.78 is 27.6. The minimum atomic E-state index is -4.10. The maximum absolute atomic E-state index is 11.4. The molecule has 0 atom stereocenters. The number of primary sulfonamides is 1. The van der Waals surface area contributed by atoms with Crippen LogP contribution >= 0.6 is 11.6 Å². The highest BCUT2D eigenvalue weighted by molar-refractivity contribution is 7.89. The Morgan fingerprint density at radius 2 is 2.04 bits per heavy atom. The van der Waals surface area contributed by atoms with Gasteiger partial charge in [-0.05, 0) is 18.2 Å². The number of nitrogens with one attached hydrogen (secondary N) is 1. The minimum absolute atomic E-state index is 0.155. The zero-order valence-electron chi connectivity index (χ0n) is 12.5. The van der Waals surface area contributed by atoms with E-state index in [1.807, 2.05) is 13.8 Å². The van der Waals surface area contributed by atoms with Gasteiger partial charge in [0.2, 0.25) is 10.0 Å². The number of aromatic carboxylic acids is 1. The zero-order valence-corrected chi connectivity index (χ0v) is 14.1. The fraction of sp³-hybridized carbons (Fsp3) is 0.214. The first-order valence-corrected chi connectivity index (χ1v) is 8.56. The van der Waals surface area contributed by atoms with Crippen LogP contribution in [0.3, 0.4) is 0 Å². The molecule has 9 heteroatoms. The summed E-state index contributed by atoms with van der Waals surface area (Å²) >= 11 is 5.84. The van der Waals surface area contributed by atoms with Crippen molar-refractivity contribution in [3.05, 3.63) is 46.9 Å². The van der Waals surface area contributed by atoms with Gasteiger partial charge in [-0.3, -0.25) is 0 Å². The Kier molecular flexibility index (Phi) is 6.62. The van der Waals surface area contributed by atoms with Crippen LogP contribution in [0.2, 0.25) is 5.02 Å². The Hall–Kier alpha value is -2.03. The average Bonchev–Trinajstić information content (AvgIpc) is 2.98. The number of sulfonamides is 1. The number of benzene rings is 1. The number of hydrogen-bond acceptors (Lipinski definition) is 5. The number of carbonyl (C=O) groups is 1. The van der Waals surface area contributed by atoms with Gasteiger partial charge in [-0.15, -0.1) is 0 Å². The first kappa shape index (κ1) is 19.0. The molecule has 0 aliphatic heterocycles. The highest BCUT2D eigenvalue weighted by atomic mass is 35.5. The Morgan fingerprint density at radius 3 is 2.52 bits per heavy atom. The molecular weight excluding hydrogens is 344 g/mol. The van der Waals surface area contributed by atoms with E-state index in [2.05, 4.69) is 5.32 Å². The molecule has 4 N–H and O–H groups in total. The third kappa shape index (κ3) is 4.98. The third-order valence-electron chi connectivity index (χ3n) is 2.67. The fourth-order valence-electron chi connectivity index (χ4n) is 1.69. The lowest BCUT2D eigenvalue weighted by Crippen LogP contribution is -2.15. The molecule has 0 unspecified atom stereocenters. The molecule has 0 aliphatic rings. The normalized spacial score (nSPS) is 10.6. The summed E-state index contributed by atoms with van der Waals surface area (Å²) in [5.74, 6) is -1.30. The molecule has 1 heterocycles. The molecular formula is C14H17ClN2O5S. The molecule has 0 aliphatic carbocycles. The van der Waals surface area contributed by atoms with Crippen molar-refractivity contribution in [2.24, 2.45) is 5.14 Å². The van der Waals surface area contributed by atoms with Crippen molar-refractivity contribution < 1.29 is 22.7 Å². The Balaban J connectivity index is 0.00000127. The number of rotatable bonds is 5. The lowest BCUT2D eigenvalue weighted by molar-refractivity contribution is 0.0697. The van der Waals surface area contributed by atoms with Gasteiger partial charge in [0.15, 0.2) is 0 Å². The number of hydrogen-bond donors (Lipinski definition) is 3. The second-order valence-corrected chi connectivity index (χ2v) is 6.10. The molecule has 23 heavy (non-hydrogen) atoms. The number of carboxylic acids is 1. The number of anilines is 1. The largest absolute Gasteiger partial charge is 0.478 e. The first-order valence-electron chi connectivity index (χ1n) is 6.63. The molecule has 2 aromatic rings. The van der Waals surface area contributed by atoms with Crippen LogP contribution in [0.4, 0.5) is 5.69 Å².